The molecule has 0 aliphatic heterocycles. The number of fused-ring (bicyclic) bond motifs is 1. The van der Waals surface area contributed by atoms with Gasteiger partial charge >= 0.3 is 0 Å². The fraction of sp³-hybridized carbons (Fsp3) is 0.0500. The number of nitro groups is 1. The third-order valence-corrected chi connectivity index (χ3v) is 7.43. The van der Waals surface area contributed by atoms with E-state index >= 15 is 0 Å². The van der Waals surface area contributed by atoms with Crippen LogP contribution in [-0.4, -0.2) is 38.2 Å². The normalized spacial score (nSPS) is 12.0. The number of H-pyrrole nitrogens is 1. The standard InChI is InChI=1S/C20H16N4O6S2/c1-31(27,28)18-4-2-3-5-19(18)32(29,30)23-14-8-11-17-16(12-14)20(22-21-17)13-6-9-15(10-7-13)24(25)26/h2-12,23H,1H3,(H,21,22). The van der Waals surface area contributed by atoms with E-state index < -0.39 is 24.8 Å². The number of nitro benzene ring substituents is 1. The van der Waals surface area contributed by atoms with E-state index in [4.69, 9.17) is 0 Å². The quantitative estimate of drug-likeness (QED) is 0.322. The molecule has 0 amide bonds. The molecule has 0 saturated carbocycles. The first-order chi connectivity index (χ1) is 15.1. The predicted octanol–water partition coefficient (Wildman–Crippen LogP) is 3.34. The van der Waals surface area contributed by atoms with E-state index in [0.29, 0.717) is 22.2 Å². The van der Waals surface area contributed by atoms with Crippen LogP contribution in [-0.2, 0) is 19.9 Å². The Labute approximate surface area is 183 Å². The summed E-state index contributed by atoms with van der Waals surface area (Å²) in [6.45, 7) is 0. The van der Waals surface area contributed by atoms with E-state index in [9.17, 15) is 26.9 Å². The molecule has 0 aliphatic carbocycles. The van der Waals surface area contributed by atoms with Crippen LogP contribution in [0.1, 0.15) is 0 Å². The fourth-order valence-electron chi connectivity index (χ4n) is 3.23. The van der Waals surface area contributed by atoms with Crippen molar-refractivity contribution in [3.63, 3.8) is 0 Å². The molecule has 164 valence electrons. The summed E-state index contributed by atoms with van der Waals surface area (Å²) in [6.07, 6.45) is 0.940. The Kier molecular flexibility index (Phi) is 5.18. The number of anilines is 1. The summed E-state index contributed by atoms with van der Waals surface area (Å²) in [5, 5.41) is 18.5. The Morgan fingerprint density at radius 3 is 2.22 bits per heavy atom. The van der Waals surface area contributed by atoms with Crippen LogP contribution in [0.3, 0.4) is 0 Å². The van der Waals surface area contributed by atoms with Crippen LogP contribution >= 0.6 is 0 Å². The maximum absolute atomic E-state index is 12.9. The van der Waals surface area contributed by atoms with Crippen molar-refractivity contribution in [2.75, 3.05) is 11.0 Å². The molecule has 3 aromatic carbocycles. The zero-order chi connectivity index (χ0) is 23.1. The van der Waals surface area contributed by atoms with E-state index in [1.807, 2.05) is 0 Å². The molecule has 2 N–H and O–H groups in total. The lowest BCUT2D eigenvalue weighted by Gasteiger charge is -2.11. The highest BCUT2D eigenvalue weighted by Crippen LogP contribution is 2.31. The summed E-state index contributed by atoms with van der Waals surface area (Å²) < 4.78 is 52.3. The molecule has 0 saturated heterocycles. The molecule has 0 unspecified atom stereocenters. The Balaban J connectivity index is 1.74. The maximum Gasteiger partial charge on any atom is 0.269 e. The van der Waals surface area contributed by atoms with E-state index in [1.54, 1.807) is 24.3 Å². The molecule has 0 fully saturated rings. The minimum Gasteiger partial charge on any atom is -0.280 e. The Hall–Kier alpha value is -3.77. The largest absolute Gasteiger partial charge is 0.280 e. The van der Waals surface area contributed by atoms with Crippen LogP contribution in [0.2, 0.25) is 0 Å². The summed E-state index contributed by atoms with van der Waals surface area (Å²) in [7, 11) is -7.98. The van der Waals surface area contributed by atoms with Crippen LogP contribution in [0.5, 0.6) is 0 Å². The molecule has 0 bridgehead atoms. The molecule has 0 aliphatic rings. The average Bonchev–Trinajstić information content (AvgIpc) is 3.16. The van der Waals surface area contributed by atoms with Crippen molar-refractivity contribution in [2.24, 2.45) is 0 Å². The first-order valence-corrected chi connectivity index (χ1v) is 12.5. The summed E-state index contributed by atoms with van der Waals surface area (Å²) in [5.74, 6) is 0. The predicted molar refractivity (Wildman–Crippen MR) is 119 cm³/mol. The van der Waals surface area contributed by atoms with Crippen molar-refractivity contribution in [3.8, 4) is 11.3 Å². The van der Waals surface area contributed by atoms with Crippen LogP contribution in [0, 0.1) is 10.1 Å². The number of sulfonamides is 1. The van der Waals surface area contributed by atoms with Crippen molar-refractivity contribution in [1.82, 2.24) is 10.2 Å². The van der Waals surface area contributed by atoms with Crippen molar-refractivity contribution in [2.45, 2.75) is 9.79 Å². The summed E-state index contributed by atoms with van der Waals surface area (Å²) in [5.41, 5.74) is 1.84. The van der Waals surface area contributed by atoms with Crippen molar-refractivity contribution in [3.05, 3.63) is 76.8 Å². The molecule has 1 aromatic heterocycles. The third-order valence-electron chi connectivity index (χ3n) is 4.70. The van der Waals surface area contributed by atoms with Gasteiger partial charge < -0.3 is 0 Å². The summed E-state index contributed by atoms with van der Waals surface area (Å²) >= 11 is 0. The first kappa shape index (κ1) is 21.5. The van der Waals surface area contributed by atoms with Crippen molar-refractivity contribution >= 4 is 42.1 Å². The lowest BCUT2D eigenvalue weighted by molar-refractivity contribution is -0.384. The van der Waals surface area contributed by atoms with Gasteiger partial charge in [-0.05, 0) is 42.5 Å². The van der Waals surface area contributed by atoms with Crippen LogP contribution in [0.4, 0.5) is 11.4 Å². The zero-order valence-corrected chi connectivity index (χ0v) is 18.1. The van der Waals surface area contributed by atoms with Gasteiger partial charge in [0.1, 0.15) is 4.90 Å². The van der Waals surface area contributed by atoms with E-state index in [2.05, 4.69) is 14.9 Å². The number of sulfone groups is 1. The first-order valence-electron chi connectivity index (χ1n) is 9.11. The van der Waals surface area contributed by atoms with Crippen LogP contribution in [0.25, 0.3) is 22.2 Å². The molecular formula is C20H16N4O6S2. The van der Waals surface area contributed by atoms with E-state index in [-0.39, 0.29) is 21.2 Å². The molecule has 0 atom stereocenters. The Bertz CT molecular complexity index is 1560. The second-order valence-corrected chi connectivity index (χ2v) is 10.6. The number of aromatic amines is 1. The van der Waals surface area contributed by atoms with Gasteiger partial charge in [0.2, 0.25) is 0 Å². The Morgan fingerprint density at radius 1 is 0.938 bits per heavy atom. The van der Waals surface area contributed by atoms with Gasteiger partial charge in [-0.2, -0.15) is 5.10 Å². The van der Waals surface area contributed by atoms with E-state index in [0.717, 1.165) is 6.26 Å². The smallest absolute Gasteiger partial charge is 0.269 e. The van der Waals surface area contributed by atoms with Gasteiger partial charge in [-0.1, -0.05) is 12.1 Å². The van der Waals surface area contributed by atoms with Gasteiger partial charge in [0.15, 0.2) is 9.84 Å². The van der Waals surface area contributed by atoms with Crippen LogP contribution < -0.4 is 4.72 Å². The van der Waals surface area contributed by atoms with Gasteiger partial charge in [0, 0.05) is 35.0 Å². The zero-order valence-electron chi connectivity index (χ0n) is 16.5. The lowest BCUT2D eigenvalue weighted by Crippen LogP contribution is -2.16. The second kappa shape index (κ2) is 7.73. The highest BCUT2D eigenvalue weighted by molar-refractivity contribution is 7.95. The molecule has 0 radical (unpaired) electrons. The summed E-state index contributed by atoms with van der Waals surface area (Å²) in [6, 6.07) is 15.8. The number of hydrogen-bond donors (Lipinski definition) is 2. The third kappa shape index (κ3) is 4.05. The number of benzene rings is 3. The van der Waals surface area contributed by atoms with Gasteiger partial charge in [-0.3, -0.25) is 19.9 Å². The number of hydrogen-bond acceptors (Lipinski definition) is 7. The average molecular weight is 473 g/mol. The molecule has 10 nitrogen and oxygen atoms in total. The number of non-ortho nitro benzene ring substituents is 1. The van der Waals surface area contributed by atoms with Crippen molar-refractivity contribution in [1.29, 1.82) is 0 Å². The van der Waals surface area contributed by atoms with Gasteiger partial charge in [-0.25, -0.2) is 16.8 Å². The second-order valence-electron chi connectivity index (χ2n) is 6.96. The highest BCUT2D eigenvalue weighted by Gasteiger charge is 2.24. The molecule has 32 heavy (non-hydrogen) atoms. The summed E-state index contributed by atoms with van der Waals surface area (Å²) in [4.78, 5) is 9.71. The van der Waals surface area contributed by atoms with Crippen LogP contribution in [0.15, 0.2) is 76.5 Å². The lowest BCUT2D eigenvalue weighted by atomic mass is 10.1. The molecule has 1 heterocycles. The van der Waals surface area contributed by atoms with Gasteiger partial charge in [0.25, 0.3) is 15.7 Å². The molecule has 0 spiro atoms. The molecular weight excluding hydrogens is 456 g/mol. The number of nitrogens with zero attached hydrogens (tertiary/aromatic N) is 2. The van der Waals surface area contributed by atoms with Crippen molar-refractivity contribution < 1.29 is 21.8 Å². The molecule has 4 aromatic rings. The maximum atomic E-state index is 12.9. The number of nitrogens with one attached hydrogen (secondary N) is 2. The Morgan fingerprint density at radius 2 is 1.59 bits per heavy atom. The number of aromatic nitrogens is 2. The minimum atomic E-state index is -4.21. The highest BCUT2D eigenvalue weighted by atomic mass is 32.2. The van der Waals surface area contributed by atoms with Gasteiger partial charge in [-0.15, -0.1) is 0 Å². The minimum absolute atomic E-state index is 0.0633. The molecule has 12 heteroatoms. The SMILES string of the molecule is CS(=O)(=O)c1ccccc1S(=O)(=O)Nc1ccc2[nH]nc(-c3ccc([N+](=O)[O-])cc3)c2c1. The fourth-order valence-corrected chi connectivity index (χ4v) is 5.91. The number of rotatable bonds is 6. The van der Waals surface area contributed by atoms with Gasteiger partial charge in [0.05, 0.1) is 21.0 Å². The monoisotopic (exact) mass is 472 g/mol. The topological polar surface area (TPSA) is 152 Å². The molecule has 4 rings (SSSR count). The van der Waals surface area contributed by atoms with E-state index in [1.165, 1.54) is 42.5 Å².